The standard InChI is InChI=1S/C16H16N4O2S/c1-10(2)16-19-13(8-23-16)7-17-15(21)12-5-3-4-11(6-12)14-18-9-22-20-14/h3-6,8-10H,7H2,1-2H3,(H,17,21). The second-order valence-electron chi connectivity index (χ2n) is 5.35. The van der Waals surface area contributed by atoms with E-state index in [1.807, 2.05) is 11.4 Å². The molecule has 0 saturated heterocycles. The fourth-order valence-corrected chi connectivity index (χ4v) is 2.87. The van der Waals surface area contributed by atoms with E-state index < -0.39 is 0 Å². The second kappa shape index (κ2) is 6.70. The molecular formula is C16H16N4O2S. The van der Waals surface area contributed by atoms with Gasteiger partial charge in [0, 0.05) is 22.4 Å². The Morgan fingerprint density at radius 3 is 2.96 bits per heavy atom. The Bertz CT molecular complexity index is 796. The smallest absolute Gasteiger partial charge is 0.251 e. The SMILES string of the molecule is CC(C)c1nc(CNC(=O)c2cccc(-c3ncon3)c2)cs1. The minimum atomic E-state index is -0.158. The molecule has 1 N–H and O–H groups in total. The molecule has 3 aromatic rings. The molecule has 0 bridgehead atoms. The van der Waals surface area contributed by atoms with Crippen LogP contribution >= 0.6 is 11.3 Å². The number of hydrogen-bond donors (Lipinski definition) is 1. The van der Waals surface area contributed by atoms with Crippen LogP contribution in [-0.2, 0) is 6.54 Å². The van der Waals surface area contributed by atoms with E-state index in [2.05, 4.69) is 34.3 Å². The van der Waals surface area contributed by atoms with Gasteiger partial charge in [0.2, 0.25) is 12.2 Å². The molecule has 1 amide bonds. The molecule has 1 aromatic carbocycles. The van der Waals surface area contributed by atoms with Crippen LogP contribution in [0, 0.1) is 0 Å². The summed E-state index contributed by atoms with van der Waals surface area (Å²) in [5.41, 5.74) is 2.16. The predicted molar refractivity (Wildman–Crippen MR) is 87.1 cm³/mol. The van der Waals surface area contributed by atoms with Gasteiger partial charge in [-0.3, -0.25) is 4.79 Å². The maximum Gasteiger partial charge on any atom is 0.251 e. The van der Waals surface area contributed by atoms with Crippen LogP contribution < -0.4 is 5.32 Å². The topological polar surface area (TPSA) is 80.9 Å². The third-order valence-electron chi connectivity index (χ3n) is 3.24. The van der Waals surface area contributed by atoms with Crippen molar-refractivity contribution in [2.45, 2.75) is 26.3 Å². The van der Waals surface area contributed by atoms with Crippen molar-refractivity contribution in [3.63, 3.8) is 0 Å². The number of carbonyl (C=O) groups is 1. The van der Waals surface area contributed by atoms with Crippen molar-refractivity contribution in [2.75, 3.05) is 0 Å². The molecule has 118 valence electrons. The van der Waals surface area contributed by atoms with Crippen LogP contribution in [0.15, 0.2) is 40.6 Å². The Hall–Kier alpha value is -2.54. The average molecular weight is 328 g/mol. The number of thiazole rings is 1. The predicted octanol–water partition coefficient (Wildman–Crippen LogP) is 3.25. The van der Waals surface area contributed by atoms with Crippen LogP contribution in [0.2, 0.25) is 0 Å². The molecule has 0 atom stereocenters. The van der Waals surface area contributed by atoms with Crippen LogP contribution in [-0.4, -0.2) is 21.0 Å². The second-order valence-corrected chi connectivity index (χ2v) is 6.24. The molecule has 0 aliphatic heterocycles. The zero-order valence-electron chi connectivity index (χ0n) is 12.8. The van der Waals surface area contributed by atoms with Gasteiger partial charge >= 0.3 is 0 Å². The summed E-state index contributed by atoms with van der Waals surface area (Å²) in [5.74, 6) is 0.700. The molecule has 0 aliphatic carbocycles. The highest BCUT2D eigenvalue weighted by atomic mass is 32.1. The number of rotatable bonds is 5. The largest absolute Gasteiger partial charge is 0.346 e. The van der Waals surface area contributed by atoms with E-state index in [-0.39, 0.29) is 5.91 Å². The van der Waals surface area contributed by atoms with E-state index in [4.69, 9.17) is 4.52 Å². The molecule has 0 fully saturated rings. The summed E-state index contributed by atoms with van der Waals surface area (Å²) in [5, 5.41) is 9.71. The van der Waals surface area contributed by atoms with E-state index in [1.165, 1.54) is 6.39 Å². The van der Waals surface area contributed by atoms with Gasteiger partial charge in [0.1, 0.15) is 0 Å². The Kier molecular flexibility index (Phi) is 4.47. The van der Waals surface area contributed by atoms with E-state index in [0.29, 0.717) is 23.9 Å². The summed E-state index contributed by atoms with van der Waals surface area (Å²) in [6.07, 6.45) is 1.26. The fraction of sp³-hybridized carbons (Fsp3) is 0.250. The number of hydrogen-bond acceptors (Lipinski definition) is 6. The summed E-state index contributed by atoms with van der Waals surface area (Å²) in [6.45, 7) is 4.61. The number of benzene rings is 1. The van der Waals surface area contributed by atoms with Gasteiger partial charge in [0.15, 0.2) is 0 Å². The third-order valence-corrected chi connectivity index (χ3v) is 4.43. The molecule has 0 unspecified atom stereocenters. The van der Waals surface area contributed by atoms with E-state index in [9.17, 15) is 4.79 Å². The summed E-state index contributed by atoms with van der Waals surface area (Å²) >= 11 is 1.62. The molecule has 0 spiro atoms. The van der Waals surface area contributed by atoms with E-state index in [0.717, 1.165) is 16.3 Å². The van der Waals surface area contributed by atoms with Crippen molar-refractivity contribution < 1.29 is 9.32 Å². The number of carbonyl (C=O) groups excluding carboxylic acids is 1. The monoisotopic (exact) mass is 328 g/mol. The average Bonchev–Trinajstić information content (AvgIpc) is 3.24. The Labute approximate surface area is 137 Å². The number of amides is 1. The highest BCUT2D eigenvalue weighted by Crippen LogP contribution is 2.19. The number of nitrogens with zero attached hydrogens (tertiary/aromatic N) is 3. The zero-order chi connectivity index (χ0) is 16.2. The summed E-state index contributed by atoms with van der Waals surface area (Å²) in [4.78, 5) is 20.8. The summed E-state index contributed by atoms with van der Waals surface area (Å²) in [6, 6.07) is 7.11. The van der Waals surface area contributed by atoms with E-state index in [1.54, 1.807) is 29.5 Å². The van der Waals surface area contributed by atoms with Crippen LogP contribution in [0.4, 0.5) is 0 Å². The summed E-state index contributed by atoms with van der Waals surface area (Å²) < 4.78 is 4.73. The third kappa shape index (κ3) is 3.62. The van der Waals surface area contributed by atoms with Gasteiger partial charge in [0.25, 0.3) is 5.91 Å². The molecule has 2 heterocycles. The van der Waals surface area contributed by atoms with Crippen molar-refractivity contribution in [1.82, 2.24) is 20.4 Å². The van der Waals surface area contributed by atoms with Crippen molar-refractivity contribution in [3.8, 4) is 11.4 Å². The van der Waals surface area contributed by atoms with Crippen LogP contribution in [0.1, 0.15) is 40.8 Å². The zero-order valence-corrected chi connectivity index (χ0v) is 13.6. The molecule has 3 rings (SSSR count). The van der Waals surface area contributed by atoms with Gasteiger partial charge in [-0.2, -0.15) is 4.98 Å². The Morgan fingerprint density at radius 2 is 2.26 bits per heavy atom. The maximum absolute atomic E-state index is 12.3. The molecule has 0 aliphatic rings. The normalized spacial score (nSPS) is 10.9. The van der Waals surface area contributed by atoms with Crippen molar-refractivity contribution in [1.29, 1.82) is 0 Å². The van der Waals surface area contributed by atoms with Gasteiger partial charge in [-0.15, -0.1) is 11.3 Å². The van der Waals surface area contributed by atoms with Crippen LogP contribution in [0.3, 0.4) is 0 Å². The van der Waals surface area contributed by atoms with Gasteiger partial charge in [-0.05, 0) is 12.1 Å². The molecule has 23 heavy (non-hydrogen) atoms. The molecule has 6 nitrogen and oxygen atoms in total. The number of aromatic nitrogens is 3. The van der Waals surface area contributed by atoms with Crippen molar-refractivity contribution in [3.05, 3.63) is 52.3 Å². The first-order valence-corrected chi connectivity index (χ1v) is 8.11. The lowest BCUT2D eigenvalue weighted by Crippen LogP contribution is -2.23. The highest BCUT2D eigenvalue weighted by Gasteiger charge is 2.11. The first-order valence-electron chi connectivity index (χ1n) is 7.23. The van der Waals surface area contributed by atoms with E-state index >= 15 is 0 Å². The fourth-order valence-electron chi connectivity index (χ4n) is 2.04. The van der Waals surface area contributed by atoms with Gasteiger partial charge in [-0.1, -0.05) is 31.1 Å². The van der Waals surface area contributed by atoms with Gasteiger partial charge in [-0.25, -0.2) is 4.98 Å². The Balaban J connectivity index is 1.67. The van der Waals surface area contributed by atoms with Gasteiger partial charge in [0.05, 0.1) is 17.2 Å². The lowest BCUT2D eigenvalue weighted by atomic mass is 10.1. The van der Waals surface area contributed by atoms with Crippen LogP contribution in [0.25, 0.3) is 11.4 Å². The number of nitrogens with one attached hydrogen (secondary N) is 1. The lowest BCUT2D eigenvalue weighted by Gasteiger charge is -2.04. The lowest BCUT2D eigenvalue weighted by molar-refractivity contribution is 0.0950. The molecule has 7 heteroatoms. The Morgan fingerprint density at radius 1 is 1.39 bits per heavy atom. The molecule has 0 radical (unpaired) electrons. The molecule has 0 saturated carbocycles. The minimum absolute atomic E-state index is 0.158. The maximum atomic E-state index is 12.3. The quantitative estimate of drug-likeness (QED) is 0.777. The molecular weight excluding hydrogens is 312 g/mol. The van der Waals surface area contributed by atoms with Crippen molar-refractivity contribution >= 4 is 17.2 Å². The van der Waals surface area contributed by atoms with Gasteiger partial charge < -0.3 is 9.84 Å². The summed E-state index contributed by atoms with van der Waals surface area (Å²) in [7, 11) is 0. The van der Waals surface area contributed by atoms with Crippen LogP contribution in [0.5, 0.6) is 0 Å². The van der Waals surface area contributed by atoms with Crippen molar-refractivity contribution in [2.24, 2.45) is 0 Å². The first kappa shape index (κ1) is 15.4. The minimum Gasteiger partial charge on any atom is -0.346 e. The first-order chi connectivity index (χ1) is 11.1. The molecule has 2 aromatic heterocycles. The highest BCUT2D eigenvalue weighted by molar-refractivity contribution is 7.09.